The van der Waals surface area contributed by atoms with Crippen LogP contribution in [0.3, 0.4) is 0 Å². The minimum atomic E-state index is -0.250. The first-order valence-electron chi connectivity index (χ1n) is 6.23. The van der Waals surface area contributed by atoms with E-state index in [9.17, 15) is 4.79 Å². The van der Waals surface area contributed by atoms with E-state index in [1.807, 2.05) is 51.1 Å². The van der Waals surface area contributed by atoms with E-state index >= 15 is 0 Å². The minimum Gasteiger partial charge on any atom is -0.356 e. The molecule has 0 aliphatic carbocycles. The lowest BCUT2D eigenvalue weighted by Crippen LogP contribution is -2.51. The number of carbonyl (C=O) groups excluding carboxylic acids is 1. The second-order valence-electron chi connectivity index (χ2n) is 5.24. The highest BCUT2D eigenvalue weighted by Gasteiger charge is 2.41. The Kier molecular flexibility index (Phi) is 3.57. The zero-order valence-corrected chi connectivity index (χ0v) is 11.1. The second-order valence-corrected chi connectivity index (χ2v) is 5.24. The van der Waals surface area contributed by atoms with Gasteiger partial charge in [-0.25, -0.2) is 4.79 Å². The van der Waals surface area contributed by atoms with Crippen molar-refractivity contribution in [2.45, 2.75) is 39.1 Å². The third kappa shape index (κ3) is 2.64. The number of nitrogens with one attached hydrogen (secondary N) is 1. The van der Waals surface area contributed by atoms with Crippen molar-refractivity contribution in [2.75, 3.05) is 6.61 Å². The van der Waals surface area contributed by atoms with Crippen molar-refractivity contribution in [2.24, 2.45) is 0 Å². The van der Waals surface area contributed by atoms with Gasteiger partial charge in [0.05, 0.1) is 12.1 Å². The van der Waals surface area contributed by atoms with Crippen LogP contribution in [0.15, 0.2) is 30.3 Å². The van der Waals surface area contributed by atoms with Gasteiger partial charge in [0, 0.05) is 6.54 Å². The zero-order chi connectivity index (χ0) is 13.2. The molecule has 0 spiro atoms. The molecule has 0 radical (unpaired) electrons. The summed E-state index contributed by atoms with van der Waals surface area (Å²) in [4.78, 5) is 13.9. The smallest absolute Gasteiger partial charge is 0.320 e. The lowest BCUT2D eigenvalue weighted by atomic mass is 10.1. The highest BCUT2D eigenvalue weighted by molar-refractivity contribution is 5.75. The van der Waals surface area contributed by atoms with Crippen LogP contribution in [0.1, 0.15) is 26.3 Å². The predicted octanol–water partition coefficient (Wildman–Crippen LogP) is 2.35. The molecule has 4 heteroatoms. The fourth-order valence-corrected chi connectivity index (χ4v) is 2.26. The van der Waals surface area contributed by atoms with Crippen LogP contribution in [0, 0.1) is 0 Å². The maximum absolute atomic E-state index is 12.2. The molecule has 1 heterocycles. The fraction of sp³-hybridized carbons (Fsp3) is 0.500. The molecule has 0 aromatic heterocycles. The van der Waals surface area contributed by atoms with Gasteiger partial charge in [0.2, 0.25) is 0 Å². The van der Waals surface area contributed by atoms with Crippen molar-refractivity contribution in [1.82, 2.24) is 10.2 Å². The number of ether oxygens (including phenoxy) is 1. The van der Waals surface area contributed by atoms with Crippen LogP contribution in [-0.4, -0.2) is 29.3 Å². The second kappa shape index (κ2) is 4.98. The number of nitrogens with zero attached hydrogens (tertiary/aromatic N) is 1. The summed E-state index contributed by atoms with van der Waals surface area (Å²) < 4.78 is 5.52. The van der Waals surface area contributed by atoms with Crippen LogP contribution in [0.4, 0.5) is 4.79 Å². The average molecular weight is 248 g/mol. The number of urea groups is 1. The minimum absolute atomic E-state index is 0.0751. The first-order valence-corrected chi connectivity index (χ1v) is 6.23. The Hall–Kier alpha value is -1.55. The third-order valence-electron chi connectivity index (χ3n) is 3.20. The van der Waals surface area contributed by atoms with Crippen molar-refractivity contribution in [3.8, 4) is 0 Å². The average Bonchev–Trinajstić information content (AvgIpc) is 2.62. The molecule has 18 heavy (non-hydrogen) atoms. The molecule has 1 atom stereocenters. The molecule has 1 unspecified atom stereocenters. The van der Waals surface area contributed by atoms with Crippen LogP contribution in [0.5, 0.6) is 0 Å². The van der Waals surface area contributed by atoms with Crippen molar-refractivity contribution >= 4 is 6.03 Å². The normalized spacial score (nSPS) is 21.9. The summed E-state index contributed by atoms with van der Waals surface area (Å²) in [5, 5.41) is 2.93. The largest absolute Gasteiger partial charge is 0.356 e. The summed E-state index contributed by atoms with van der Waals surface area (Å²) in [5.74, 6) is 0. The Morgan fingerprint density at radius 2 is 2.11 bits per heavy atom. The monoisotopic (exact) mass is 248 g/mol. The van der Waals surface area contributed by atoms with Crippen LogP contribution < -0.4 is 5.32 Å². The molecule has 1 aromatic carbocycles. The Morgan fingerprint density at radius 3 is 2.67 bits per heavy atom. The van der Waals surface area contributed by atoms with Crippen LogP contribution in [0.25, 0.3) is 0 Å². The zero-order valence-electron chi connectivity index (χ0n) is 11.1. The van der Waals surface area contributed by atoms with E-state index in [0.717, 1.165) is 5.56 Å². The molecule has 4 nitrogen and oxygen atoms in total. The summed E-state index contributed by atoms with van der Waals surface area (Å²) in [7, 11) is 0. The van der Waals surface area contributed by atoms with Crippen molar-refractivity contribution < 1.29 is 9.53 Å². The van der Waals surface area contributed by atoms with Gasteiger partial charge >= 0.3 is 6.03 Å². The Labute approximate surface area is 108 Å². The summed E-state index contributed by atoms with van der Waals surface area (Å²) in [6.07, 6.45) is -0.171. The highest BCUT2D eigenvalue weighted by Crippen LogP contribution is 2.26. The van der Waals surface area contributed by atoms with Gasteiger partial charge in [-0.2, -0.15) is 0 Å². The van der Waals surface area contributed by atoms with Gasteiger partial charge in [-0.1, -0.05) is 30.3 Å². The molecular weight excluding hydrogens is 228 g/mol. The molecule has 0 bridgehead atoms. The molecule has 1 saturated heterocycles. The summed E-state index contributed by atoms with van der Waals surface area (Å²) in [6, 6.07) is 9.81. The maximum atomic E-state index is 12.2. The summed E-state index contributed by atoms with van der Waals surface area (Å²) in [5.41, 5.74) is 0.844. The summed E-state index contributed by atoms with van der Waals surface area (Å²) >= 11 is 0. The van der Waals surface area contributed by atoms with Crippen molar-refractivity contribution in [1.29, 1.82) is 0 Å². The van der Waals surface area contributed by atoms with E-state index in [0.29, 0.717) is 13.2 Å². The van der Waals surface area contributed by atoms with Crippen molar-refractivity contribution in [3.05, 3.63) is 35.9 Å². The molecule has 1 aliphatic heterocycles. The SMILES string of the molecule is CC1OCC(C)(C)N1C(=O)NCc1ccccc1. The first kappa shape index (κ1) is 12.9. The topological polar surface area (TPSA) is 41.6 Å². The number of hydrogen-bond donors (Lipinski definition) is 1. The van der Waals surface area contributed by atoms with Gasteiger partial charge in [0.1, 0.15) is 6.23 Å². The quantitative estimate of drug-likeness (QED) is 0.873. The molecule has 1 N–H and O–H groups in total. The van der Waals surface area contributed by atoms with E-state index in [1.54, 1.807) is 4.90 Å². The van der Waals surface area contributed by atoms with Crippen LogP contribution in [-0.2, 0) is 11.3 Å². The van der Waals surface area contributed by atoms with E-state index in [2.05, 4.69) is 5.32 Å². The fourth-order valence-electron chi connectivity index (χ4n) is 2.26. The molecule has 0 saturated carbocycles. The predicted molar refractivity (Wildman–Crippen MR) is 70.0 cm³/mol. The molecular formula is C14H20N2O2. The van der Waals surface area contributed by atoms with Gasteiger partial charge in [0.25, 0.3) is 0 Å². The van der Waals surface area contributed by atoms with Gasteiger partial charge in [-0.3, -0.25) is 4.90 Å². The number of amides is 2. The lowest BCUT2D eigenvalue weighted by molar-refractivity contribution is 0.0608. The third-order valence-corrected chi connectivity index (χ3v) is 3.20. The Morgan fingerprint density at radius 1 is 1.44 bits per heavy atom. The standard InChI is InChI=1S/C14H20N2O2/c1-11-16(14(2,3)10-18-11)13(17)15-9-12-7-5-4-6-8-12/h4-8,11H,9-10H2,1-3H3,(H,15,17). The van der Waals surface area contributed by atoms with E-state index < -0.39 is 0 Å². The molecule has 2 amide bonds. The van der Waals surface area contributed by atoms with Crippen molar-refractivity contribution in [3.63, 3.8) is 0 Å². The Bertz CT molecular complexity index is 417. The van der Waals surface area contributed by atoms with Gasteiger partial charge in [-0.05, 0) is 26.3 Å². The first-order chi connectivity index (χ1) is 8.50. The van der Waals surface area contributed by atoms with Crippen LogP contribution in [0.2, 0.25) is 0 Å². The number of rotatable bonds is 2. The molecule has 1 aromatic rings. The van der Waals surface area contributed by atoms with Crippen LogP contribution >= 0.6 is 0 Å². The van der Waals surface area contributed by atoms with Gasteiger partial charge in [-0.15, -0.1) is 0 Å². The highest BCUT2D eigenvalue weighted by atomic mass is 16.5. The van der Waals surface area contributed by atoms with E-state index in [1.165, 1.54) is 0 Å². The lowest BCUT2D eigenvalue weighted by Gasteiger charge is -2.32. The molecule has 2 rings (SSSR count). The molecule has 1 fully saturated rings. The molecule has 1 aliphatic rings. The summed E-state index contributed by atoms with van der Waals surface area (Å²) in [6.45, 7) is 7.04. The number of hydrogen-bond acceptors (Lipinski definition) is 2. The van der Waals surface area contributed by atoms with E-state index in [4.69, 9.17) is 4.74 Å². The number of benzene rings is 1. The van der Waals surface area contributed by atoms with Gasteiger partial charge < -0.3 is 10.1 Å². The molecule has 98 valence electrons. The number of carbonyl (C=O) groups is 1. The van der Waals surface area contributed by atoms with E-state index in [-0.39, 0.29) is 17.8 Å². The van der Waals surface area contributed by atoms with Gasteiger partial charge in [0.15, 0.2) is 0 Å². The maximum Gasteiger partial charge on any atom is 0.320 e. The Balaban J connectivity index is 1.96.